The lowest BCUT2D eigenvalue weighted by molar-refractivity contribution is 1.35. The lowest BCUT2D eigenvalue weighted by atomic mass is 10.1. The Morgan fingerprint density at radius 3 is 2.00 bits per heavy atom. The van der Waals surface area contributed by atoms with Gasteiger partial charge < -0.3 is 0 Å². The highest BCUT2D eigenvalue weighted by molar-refractivity contribution is 5.42. The van der Waals surface area contributed by atoms with Gasteiger partial charge in [0.25, 0.3) is 0 Å². The Morgan fingerprint density at radius 1 is 1.10 bits per heavy atom. The molecule has 0 atom stereocenters. The molecule has 1 rings (SSSR count). The van der Waals surface area contributed by atoms with Crippen molar-refractivity contribution in [1.82, 2.24) is 0 Å². The first kappa shape index (κ1) is 6.93. The van der Waals surface area contributed by atoms with Gasteiger partial charge in [-0.1, -0.05) is 6.07 Å². The van der Waals surface area contributed by atoms with Crippen molar-refractivity contribution in [2.45, 2.75) is 13.8 Å². The van der Waals surface area contributed by atoms with Crippen LogP contribution in [-0.4, -0.2) is 0 Å². The molecule has 2 heteroatoms. The molecule has 0 fully saturated rings. The molecule has 0 N–H and O–H groups in total. The summed E-state index contributed by atoms with van der Waals surface area (Å²) in [6, 6.07) is 5.54. The Labute approximate surface area is 59.9 Å². The smallest absolute Gasteiger partial charge is 0.108 e. The van der Waals surface area contributed by atoms with E-state index >= 15 is 0 Å². The van der Waals surface area contributed by atoms with Gasteiger partial charge in [0.05, 0.1) is 0 Å². The van der Waals surface area contributed by atoms with E-state index in [4.69, 9.17) is 0 Å². The van der Waals surface area contributed by atoms with Gasteiger partial charge in [0.1, 0.15) is 5.69 Å². The van der Waals surface area contributed by atoms with E-state index in [1.807, 2.05) is 19.9 Å². The number of hydrogen-bond donors (Lipinski definition) is 0. The van der Waals surface area contributed by atoms with Crippen LogP contribution in [0.4, 0.5) is 5.69 Å². The van der Waals surface area contributed by atoms with E-state index < -0.39 is 0 Å². The molecule has 0 aromatic heterocycles. The maximum absolute atomic E-state index is 10.1. The zero-order valence-electron chi connectivity index (χ0n) is 6.09. The van der Waals surface area contributed by atoms with Crippen LogP contribution in [0.2, 0.25) is 0 Å². The fraction of sp³-hybridized carbons (Fsp3) is 0.250. The largest absolute Gasteiger partial charge is 0.145 e. The number of nitroso groups, excluding NO2 is 1. The second-order valence-electron chi connectivity index (χ2n) is 2.44. The summed E-state index contributed by atoms with van der Waals surface area (Å²) in [4.78, 5) is 10.1. The van der Waals surface area contributed by atoms with Crippen LogP contribution < -0.4 is 0 Å². The molecule has 0 bridgehead atoms. The fourth-order valence-corrected chi connectivity index (χ4v) is 1.00. The van der Waals surface area contributed by atoms with Gasteiger partial charge in [-0.2, -0.15) is 0 Å². The normalized spacial score (nSPS) is 9.40. The molecule has 0 saturated carbocycles. The van der Waals surface area contributed by atoms with Gasteiger partial charge in [0, 0.05) is 0 Å². The van der Waals surface area contributed by atoms with Crippen molar-refractivity contribution >= 4 is 5.69 Å². The number of benzene rings is 1. The molecule has 0 aliphatic rings. The molecule has 1 aromatic carbocycles. The molecule has 0 radical (unpaired) electrons. The average molecular weight is 135 g/mol. The molecule has 0 aliphatic carbocycles. The first-order chi connectivity index (χ1) is 4.72. The van der Waals surface area contributed by atoms with E-state index in [2.05, 4.69) is 5.18 Å². The predicted octanol–water partition coefficient (Wildman–Crippen LogP) is 2.70. The van der Waals surface area contributed by atoms with Crippen molar-refractivity contribution in [3.05, 3.63) is 34.2 Å². The lowest BCUT2D eigenvalue weighted by Crippen LogP contribution is -1.74. The molecule has 0 aliphatic heterocycles. The molecule has 2 nitrogen and oxygen atoms in total. The molecule has 52 valence electrons. The van der Waals surface area contributed by atoms with E-state index in [1.165, 1.54) is 0 Å². The highest BCUT2D eigenvalue weighted by Gasteiger charge is 1.92. The third kappa shape index (κ3) is 1.41. The van der Waals surface area contributed by atoms with Crippen molar-refractivity contribution < 1.29 is 0 Å². The number of rotatable bonds is 1. The molecular formula is C8H9NO. The van der Waals surface area contributed by atoms with Crippen LogP contribution in [0.1, 0.15) is 11.1 Å². The number of aryl methyl sites for hydroxylation is 2. The average Bonchev–Trinajstić information content (AvgIpc) is 1.85. The lowest BCUT2D eigenvalue weighted by Gasteiger charge is -1.95. The molecule has 0 unspecified atom stereocenters. The Bertz CT molecular complexity index is 235. The van der Waals surface area contributed by atoms with Crippen molar-refractivity contribution in [2.75, 3.05) is 0 Å². The fourth-order valence-electron chi connectivity index (χ4n) is 1.00. The summed E-state index contributed by atoms with van der Waals surface area (Å²) in [7, 11) is 0. The van der Waals surface area contributed by atoms with E-state index in [0.717, 1.165) is 11.1 Å². The topological polar surface area (TPSA) is 29.4 Å². The van der Waals surface area contributed by atoms with Crippen molar-refractivity contribution in [3.63, 3.8) is 0 Å². The molecule has 0 heterocycles. The van der Waals surface area contributed by atoms with E-state index in [9.17, 15) is 4.91 Å². The molecule has 0 saturated heterocycles. The van der Waals surface area contributed by atoms with Crippen LogP contribution in [-0.2, 0) is 0 Å². The highest BCUT2D eigenvalue weighted by Crippen LogP contribution is 2.15. The summed E-state index contributed by atoms with van der Waals surface area (Å²) < 4.78 is 0. The van der Waals surface area contributed by atoms with Crippen LogP contribution >= 0.6 is 0 Å². The van der Waals surface area contributed by atoms with Crippen LogP contribution in [0.3, 0.4) is 0 Å². The van der Waals surface area contributed by atoms with Crippen molar-refractivity contribution in [2.24, 2.45) is 5.18 Å². The van der Waals surface area contributed by atoms with Gasteiger partial charge in [0.2, 0.25) is 0 Å². The SMILES string of the molecule is Cc1cc(C)cc(N=O)c1. The van der Waals surface area contributed by atoms with E-state index in [0.29, 0.717) is 5.69 Å². The standard InChI is InChI=1S/C8H9NO/c1-6-3-7(2)5-8(4-6)9-10/h3-5H,1-2H3. The Hall–Kier alpha value is -1.18. The molecule has 0 amide bonds. The summed E-state index contributed by atoms with van der Waals surface area (Å²) in [6.45, 7) is 3.89. The summed E-state index contributed by atoms with van der Waals surface area (Å²) in [5, 5.41) is 2.84. The van der Waals surface area contributed by atoms with Crippen LogP contribution in [0, 0.1) is 18.8 Å². The summed E-state index contributed by atoms with van der Waals surface area (Å²) in [5.74, 6) is 0. The number of nitrogens with zero attached hydrogens (tertiary/aromatic N) is 1. The minimum absolute atomic E-state index is 0.512. The Balaban J connectivity index is 3.18. The highest BCUT2D eigenvalue weighted by atomic mass is 16.3. The first-order valence-electron chi connectivity index (χ1n) is 3.14. The minimum atomic E-state index is 0.512. The van der Waals surface area contributed by atoms with Gasteiger partial charge >= 0.3 is 0 Å². The van der Waals surface area contributed by atoms with Crippen molar-refractivity contribution in [1.29, 1.82) is 0 Å². The predicted molar refractivity (Wildman–Crippen MR) is 41.4 cm³/mol. The quantitative estimate of drug-likeness (QED) is 0.544. The summed E-state index contributed by atoms with van der Waals surface area (Å²) in [5.41, 5.74) is 2.67. The van der Waals surface area contributed by atoms with Crippen LogP contribution in [0.25, 0.3) is 0 Å². The van der Waals surface area contributed by atoms with Gasteiger partial charge in [-0.05, 0) is 42.3 Å². The first-order valence-corrected chi connectivity index (χ1v) is 3.14. The van der Waals surface area contributed by atoms with E-state index in [1.54, 1.807) is 12.1 Å². The maximum atomic E-state index is 10.1. The van der Waals surface area contributed by atoms with Crippen molar-refractivity contribution in [3.8, 4) is 0 Å². The molecule has 1 aromatic rings. The third-order valence-corrected chi connectivity index (χ3v) is 1.31. The zero-order valence-corrected chi connectivity index (χ0v) is 6.09. The Morgan fingerprint density at radius 2 is 1.60 bits per heavy atom. The zero-order chi connectivity index (χ0) is 7.56. The van der Waals surface area contributed by atoms with E-state index in [-0.39, 0.29) is 0 Å². The van der Waals surface area contributed by atoms with Gasteiger partial charge in [-0.25, -0.2) is 0 Å². The van der Waals surface area contributed by atoms with Crippen LogP contribution in [0.15, 0.2) is 23.4 Å². The number of hydrogen-bond acceptors (Lipinski definition) is 2. The summed E-state index contributed by atoms with van der Waals surface area (Å²) >= 11 is 0. The summed E-state index contributed by atoms with van der Waals surface area (Å²) in [6.07, 6.45) is 0. The molecule has 0 spiro atoms. The van der Waals surface area contributed by atoms with Crippen LogP contribution in [0.5, 0.6) is 0 Å². The van der Waals surface area contributed by atoms with Gasteiger partial charge in [0.15, 0.2) is 0 Å². The second kappa shape index (κ2) is 2.60. The monoisotopic (exact) mass is 135 g/mol. The molecular weight excluding hydrogens is 126 g/mol. The minimum Gasteiger partial charge on any atom is -0.145 e. The van der Waals surface area contributed by atoms with Gasteiger partial charge in [-0.3, -0.25) is 0 Å². The molecule has 10 heavy (non-hydrogen) atoms. The Kier molecular flexibility index (Phi) is 1.81. The maximum Gasteiger partial charge on any atom is 0.108 e. The second-order valence-corrected chi connectivity index (χ2v) is 2.44. The van der Waals surface area contributed by atoms with Gasteiger partial charge in [-0.15, -0.1) is 4.91 Å². The third-order valence-electron chi connectivity index (χ3n) is 1.31.